The van der Waals surface area contributed by atoms with Crippen molar-refractivity contribution in [1.29, 1.82) is 0 Å². The van der Waals surface area contributed by atoms with Gasteiger partial charge in [0, 0.05) is 12.3 Å². The van der Waals surface area contributed by atoms with Crippen molar-refractivity contribution >= 4 is 5.78 Å². The lowest BCUT2D eigenvalue weighted by molar-refractivity contribution is -0.133. The van der Waals surface area contributed by atoms with E-state index in [4.69, 9.17) is 0 Å². The normalized spacial score (nSPS) is 22.5. The van der Waals surface area contributed by atoms with Crippen LogP contribution in [-0.2, 0) is 11.2 Å². The molecule has 0 saturated heterocycles. The third kappa shape index (κ3) is 1.68. The number of ketones is 1. The smallest absolute Gasteiger partial charge is 0.140 e. The molecule has 1 aromatic rings. The van der Waals surface area contributed by atoms with E-state index in [-0.39, 0.29) is 0 Å². The van der Waals surface area contributed by atoms with Crippen LogP contribution in [0.15, 0.2) is 30.3 Å². The van der Waals surface area contributed by atoms with Crippen LogP contribution in [0.1, 0.15) is 37.7 Å². The van der Waals surface area contributed by atoms with Gasteiger partial charge in [-0.25, -0.2) is 0 Å². The Morgan fingerprint density at radius 3 is 2.44 bits per heavy atom. The number of rotatable bonds is 3. The largest absolute Gasteiger partial charge is 0.299 e. The van der Waals surface area contributed by atoms with Gasteiger partial charge in [0.05, 0.1) is 0 Å². The number of hydrogen-bond donors (Lipinski definition) is 0. The van der Waals surface area contributed by atoms with Crippen LogP contribution in [0.2, 0.25) is 0 Å². The van der Waals surface area contributed by atoms with E-state index < -0.39 is 0 Å². The molecule has 0 aliphatic heterocycles. The number of Topliss-reactive ketones (excluding diaryl/α,β-unsaturated/α-hetero) is 1. The van der Waals surface area contributed by atoms with Gasteiger partial charge in [0.2, 0.25) is 0 Å². The molecule has 2 fully saturated rings. The highest BCUT2D eigenvalue weighted by Gasteiger charge is 2.49. The summed E-state index contributed by atoms with van der Waals surface area (Å²) in [5.74, 6) is 0.837. The fraction of sp³-hybridized carbons (Fsp3) is 0.533. The second-order valence-electron chi connectivity index (χ2n) is 5.59. The first-order valence-corrected chi connectivity index (χ1v) is 6.34. The fourth-order valence-electron chi connectivity index (χ4n) is 3.24. The molecule has 0 atom stereocenters. The zero-order valence-electron chi connectivity index (χ0n) is 9.61. The number of benzene rings is 1. The lowest BCUT2D eigenvalue weighted by Gasteiger charge is -2.53. The Morgan fingerprint density at radius 1 is 1.19 bits per heavy atom. The molecular formula is C15H18O. The van der Waals surface area contributed by atoms with Crippen LogP contribution in [0.4, 0.5) is 0 Å². The van der Waals surface area contributed by atoms with Gasteiger partial charge in [-0.05, 0) is 36.7 Å². The van der Waals surface area contributed by atoms with Gasteiger partial charge >= 0.3 is 0 Å². The highest BCUT2D eigenvalue weighted by atomic mass is 16.1. The van der Waals surface area contributed by atoms with E-state index >= 15 is 0 Å². The van der Waals surface area contributed by atoms with Gasteiger partial charge in [0.1, 0.15) is 5.78 Å². The first kappa shape index (κ1) is 10.1. The van der Waals surface area contributed by atoms with E-state index in [0.29, 0.717) is 23.5 Å². The standard InChI is InChI=1S/C15H18O/c16-14(9-12-5-2-1-3-6-12)13-10-15(11-13)7-4-8-15/h1-3,5-6,13H,4,7-11H2. The van der Waals surface area contributed by atoms with E-state index in [0.717, 1.165) is 0 Å². The van der Waals surface area contributed by atoms with E-state index in [9.17, 15) is 4.79 Å². The molecule has 1 nitrogen and oxygen atoms in total. The van der Waals surface area contributed by atoms with Crippen LogP contribution in [0.25, 0.3) is 0 Å². The van der Waals surface area contributed by atoms with Crippen LogP contribution in [0.5, 0.6) is 0 Å². The van der Waals surface area contributed by atoms with Crippen molar-refractivity contribution in [2.45, 2.75) is 38.5 Å². The van der Waals surface area contributed by atoms with Crippen molar-refractivity contribution < 1.29 is 4.79 Å². The van der Waals surface area contributed by atoms with Crippen LogP contribution < -0.4 is 0 Å². The van der Waals surface area contributed by atoms with Crippen LogP contribution in [0.3, 0.4) is 0 Å². The molecule has 2 saturated carbocycles. The summed E-state index contributed by atoms with van der Waals surface area (Å²) in [4.78, 5) is 12.0. The third-order valence-corrected chi connectivity index (χ3v) is 4.45. The summed E-state index contributed by atoms with van der Waals surface area (Å²) in [7, 11) is 0. The second-order valence-corrected chi connectivity index (χ2v) is 5.59. The molecule has 0 amide bonds. The number of carbonyl (C=O) groups is 1. The molecule has 0 heterocycles. The maximum absolute atomic E-state index is 12.0. The number of hydrogen-bond acceptors (Lipinski definition) is 1. The van der Waals surface area contributed by atoms with Crippen LogP contribution >= 0.6 is 0 Å². The summed E-state index contributed by atoms with van der Waals surface area (Å²) >= 11 is 0. The minimum absolute atomic E-state index is 0.375. The minimum Gasteiger partial charge on any atom is -0.299 e. The van der Waals surface area contributed by atoms with Gasteiger partial charge in [-0.2, -0.15) is 0 Å². The quantitative estimate of drug-likeness (QED) is 0.754. The van der Waals surface area contributed by atoms with Gasteiger partial charge in [-0.1, -0.05) is 36.8 Å². The zero-order valence-corrected chi connectivity index (χ0v) is 9.61. The molecule has 84 valence electrons. The topological polar surface area (TPSA) is 17.1 Å². The lowest BCUT2D eigenvalue weighted by Crippen LogP contribution is -2.46. The SMILES string of the molecule is O=C(Cc1ccccc1)C1CC2(CCC2)C1. The Labute approximate surface area is 96.9 Å². The van der Waals surface area contributed by atoms with Gasteiger partial charge in [-0.15, -0.1) is 0 Å². The Morgan fingerprint density at radius 2 is 1.88 bits per heavy atom. The molecular weight excluding hydrogens is 196 g/mol. The highest BCUT2D eigenvalue weighted by Crippen LogP contribution is 2.58. The molecule has 0 unspecified atom stereocenters. The van der Waals surface area contributed by atoms with Crippen molar-refractivity contribution in [1.82, 2.24) is 0 Å². The van der Waals surface area contributed by atoms with Crippen LogP contribution in [-0.4, -0.2) is 5.78 Å². The van der Waals surface area contributed by atoms with Gasteiger partial charge in [0.15, 0.2) is 0 Å². The zero-order chi connectivity index (χ0) is 11.0. The molecule has 2 aliphatic rings. The first-order chi connectivity index (χ1) is 7.77. The van der Waals surface area contributed by atoms with Crippen molar-refractivity contribution in [3.05, 3.63) is 35.9 Å². The average Bonchev–Trinajstić information content (AvgIpc) is 2.14. The Kier molecular flexibility index (Phi) is 2.34. The molecule has 3 rings (SSSR count). The van der Waals surface area contributed by atoms with Crippen molar-refractivity contribution in [2.24, 2.45) is 11.3 Å². The summed E-state index contributed by atoms with van der Waals surface area (Å²) in [6.45, 7) is 0. The predicted molar refractivity (Wildman–Crippen MR) is 64.2 cm³/mol. The number of carbonyl (C=O) groups excluding carboxylic acids is 1. The summed E-state index contributed by atoms with van der Waals surface area (Å²) in [5, 5.41) is 0. The van der Waals surface area contributed by atoms with Crippen molar-refractivity contribution in [3.8, 4) is 0 Å². The minimum atomic E-state index is 0.375. The van der Waals surface area contributed by atoms with Gasteiger partial charge in [0.25, 0.3) is 0 Å². The van der Waals surface area contributed by atoms with Gasteiger partial charge < -0.3 is 0 Å². The molecule has 16 heavy (non-hydrogen) atoms. The van der Waals surface area contributed by atoms with E-state index in [1.165, 1.54) is 37.7 Å². The van der Waals surface area contributed by atoms with Crippen LogP contribution in [0, 0.1) is 11.3 Å². The maximum Gasteiger partial charge on any atom is 0.140 e. The molecule has 0 bridgehead atoms. The molecule has 1 aromatic carbocycles. The van der Waals surface area contributed by atoms with E-state index in [2.05, 4.69) is 12.1 Å². The summed E-state index contributed by atoms with van der Waals surface area (Å²) < 4.78 is 0. The van der Waals surface area contributed by atoms with Gasteiger partial charge in [-0.3, -0.25) is 4.79 Å². The molecule has 0 radical (unpaired) electrons. The maximum atomic E-state index is 12.0. The molecule has 1 heteroatoms. The Bertz CT molecular complexity index is 381. The Balaban J connectivity index is 1.55. The van der Waals surface area contributed by atoms with E-state index in [1.54, 1.807) is 0 Å². The van der Waals surface area contributed by atoms with Crippen molar-refractivity contribution in [3.63, 3.8) is 0 Å². The summed E-state index contributed by atoms with van der Waals surface area (Å²) in [6.07, 6.45) is 7.14. The first-order valence-electron chi connectivity index (χ1n) is 6.34. The summed E-state index contributed by atoms with van der Waals surface area (Å²) in [6, 6.07) is 10.1. The lowest BCUT2D eigenvalue weighted by atomic mass is 9.51. The summed E-state index contributed by atoms with van der Waals surface area (Å²) in [5.41, 5.74) is 1.79. The molecule has 2 aliphatic carbocycles. The highest BCUT2D eigenvalue weighted by molar-refractivity contribution is 5.84. The third-order valence-electron chi connectivity index (χ3n) is 4.45. The molecule has 0 aromatic heterocycles. The fourth-order valence-corrected chi connectivity index (χ4v) is 3.24. The molecule has 0 N–H and O–H groups in total. The second kappa shape index (κ2) is 3.73. The molecule has 1 spiro atoms. The monoisotopic (exact) mass is 214 g/mol. The predicted octanol–water partition coefficient (Wildman–Crippen LogP) is 3.38. The Hall–Kier alpha value is -1.11. The average molecular weight is 214 g/mol. The van der Waals surface area contributed by atoms with Crippen molar-refractivity contribution in [2.75, 3.05) is 0 Å². The van der Waals surface area contributed by atoms with E-state index in [1.807, 2.05) is 18.2 Å².